The van der Waals surface area contributed by atoms with Crippen molar-refractivity contribution in [2.24, 2.45) is 0 Å². The van der Waals surface area contributed by atoms with Crippen molar-refractivity contribution < 1.29 is 4.39 Å². The Hall–Kier alpha value is -0.920. The predicted molar refractivity (Wildman–Crippen MR) is 40.8 cm³/mol. The molecule has 1 aromatic heterocycles. The Labute approximate surface area is 65.3 Å². The van der Waals surface area contributed by atoms with Crippen molar-refractivity contribution in [3.05, 3.63) is 29.8 Å². The second-order valence-electron chi connectivity index (χ2n) is 3.40. The van der Waals surface area contributed by atoms with Crippen molar-refractivity contribution in [2.75, 3.05) is 0 Å². The van der Waals surface area contributed by atoms with Gasteiger partial charge >= 0.3 is 0 Å². The van der Waals surface area contributed by atoms with Crippen molar-refractivity contribution in [1.29, 1.82) is 0 Å². The van der Waals surface area contributed by atoms with Gasteiger partial charge in [0, 0.05) is 11.8 Å². The lowest BCUT2D eigenvalue weighted by molar-refractivity contribution is 0.547. The summed E-state index contributed by atoms with van der Waals surface area (Å²) in [6.07, 6.45) is 3.68. The minimum absolute atomic E-state index is 0.0956. The van der Waals surface area contributed by atoms with E-state index < -0.39 is 0 Å². The number of aromatic nitrogens is 1. The molecule has 2 heteroatoms. The number of nitrogens with zero attached hydrogens (tertiary/aromatic N) is 1. The highest BCUT2D eigenvalue weighted by atomic mass is 19.1. The van der Waals surface area contributed by atoms with E-state index in [-0.39, 0.29) is 11.4 Å². The number of pyridine rings is 1. The van der Waals surface area contributed by atoms with Gasteiger partial charge in [0.2, 0.25) is 5.95 Å². The molecule has 0 atom stereocenters. The second kappa shape index (κ2) is 2.03. The molecule has 1 fully saturated rings. The Kier molecular flexibility index (Phi) is 1.25. The van der Waals surface area contributed by atoms with Crippen LogP contribution in [0.4, 0.5) is 4.39 Å². The molecule has 0 aromatic carbocycles. The van der Waals surface area contributed by atoms with E-state index in [1.54, 1.807) is 6.07 Å². The molecular weight excluding hydrogens is 141 g/mol. The van der Waals surface area contributed by atoms with Crippen LogP contribution >= 0.6 is 0 Å². The zero-order chi connectivity index (χ0) is 7.90. The van der Waals surface area contributed by atoms with Crippen LogP contribution in [-0.4, -0.2) is 4.98 Å². The first-order valence-electron chi connectivity index (χ1n) is 3.83. The lowest BCUT2D eigenvalue weighted by Crippen LogP contribution is -2.04. The largest absolute Gasteiger partial charge is 0.228 e. The second-order valence-corrected chi connectivity index (χ2v) is 3.40. The number of hydrogen-bond acceptors (Lipinski definition) is 1. The highest BCUT2D eigenvalue weighted by molar-refractivity contribution is 5.27. The molecule has 1 aliphatic rings. The maximum Gasteiger partial charge on any atom is 0.216 e. The van der Waals surface area contributed by atoms with Crippen LogP contribution in [0, 0.1) is 5.95 Å². The molecule has 1 nitrogen and oxygen atoms in total. The normalized spacial score (nSPS) is 19.8. The van der Waals surface area contributed by atoms with Crippen LogP contribution in [-0.2, 0) is 5.41 Å². The molecule has 1 heterocycles. The van der Waals surface area contributed by atoms with E-state index in [0.29, 0.717) is 0 Å². The molecule has 11 heavy (non-hydrogen) atoms. The lowest BCUT2D eigenvalue weighted by atomic mass is 10.0. The van der Waals surface area contributed by atoms with Gasteiger partial charge in [-0.05, 0) is 24.3 Å². The molecule has 1 saturated carbocycles. The summed E-state index contributed by atoms with van der Waals surface area (Å²) in [5.41, 5.74) is 0.873. The monoisotopic (exact) mass is 151 g/mol. The van der Waals surface area contributed by atoms with Gasteiger partial charge in [-0.25, -0.2) is 4.98 Å². The van der Waals surface area contributed by atoms with Crippen molar-refractivity contribution in [3.63, 3.8) is 0 Å². The van der Waals surface area contributed by atoms with Crippen molar-refractivity contribution in [3.8, 4) is 0 Å². The molecule has 0 N–H and O–H groups in total. The fourth-order valence-electron chi connectivity index (χ4n) is 1.29. The van der Waals surface area contributed by atoms with Crippen LogP contribution < -0.4 is 0 Å². The zero-order valence-electron chi connectivity index (χ0n) is 6.47. The van der Waals surface area contributed by atoms with Crippen LogP contribution in [0.1, 0.15) is 25.3 Å². The Morgan fingerprint density at radius 3 is 2.82 bits per heavy atom. The zero-order valence-corrected chi connectivity index (χ0v) is 6.47. The Morgan fingerprint density at radius 2 is 2.27 bits per heavy atom. The van der Waals surface area contributed by atoms with Crippen LogP contribution in [0.25, 0.3) is 0 Å². The van der Waals surface area contributed by atoms with Gasteiger partial charge in [0.05, 0.1) is 0 Å². The fourth-order valence-corrected chi connectivity index (χ4v) is 1.29. The summed E-state index contributed by atoms with van der Waals surface area (Å²) >= 11 is 0. The van der Waals surface area contributed by atoms with Gasteiger partial charge < -0.3 is 0 Å². The molecule has 1 aliphatic carbocycles. The van der Waals surface area contributed by atoms with Gasteiger partial charge in [-0.3, -0.25) is 0 Å². The molecule has 0 radical (unpaired) electrons. The van der Waals surface area contributed by atoms with E-state index >= 15 is 0 Å². The molecule has 0 aliphatic heterocycles. The third-order valence-electron chi connectivity index (χ3n) is 2.41. The first-order chi connectivity index (χ1) is 5.22. The fraction of sp³-hybridized carbons (Fsp3) is 0.444. The van der Waals surface area contributed by atoms with Crippen molar-refractivity contribution in [2.45, 2.75) is 25.2 Å². The minimum Gasteiger partial charge on any atom is -0.228 e. The van der Waals surface area contributed by atoms with Crippen LogP contribution in [0.15, 0.2) is 18.3 Å². The lowest BCUT2D eigenvalue weighted by Gasteiger charge is -2.07. The molecule has 58 valence electrons. The Bertz CT molecular complexity index is 279. The number of halogens is 1. The first-order valence-corrected chi connectivity index (χ1v) is 3.83. The summed E-state index contributed by atoms with van der Waals surface area (Å²) in [4.78, 5) is 3.62. The number of rotatable bonds is 1. The molecule has 0 bridgehead atoms. The van der Waals surface area contributed by atoms with E-state index in [0.717, 1.165) is 18.4 Å². The third kappa shape index (κ3) is 1.02. The minimum atomic E-state index is -0.299. The van der Waals surface area contributed by atoms with Gasteiger partial charge in [0.15, 0.2) is 0 Å². The predicted octanol–water partition coefficient (Wildman–Crippen LogP) is 2.27. The summed E-state index contributed by atoms with van der Waals surface area (Å²) in [5, 5.41) is 0. The van der Waals surface area contributed by atoms with E-state index in [9.17, 15) is 4.39 Å². The molecule has 0 spiro atoms. The summed E-state index contributed by atoms with van der Waals surface area (Å²) in [6, 6.07) is 3.62. The Balaban J connectivity index is 2.45. The van der Waals surface area contributed by atoms with Crippen molar-refractivity contribution in [1.82, 2.24) is 4.98 Å². The molecule has 0 amide bonds. The van der Waals surface area contributed by atoms with E-state index in [4.69, 9.17) is 0 Å². The Morgan fingerprint density at radius 1 is 1.55 bits per heavy atom. The molecule has 0 unspecified atom stereocenters. The maximum absolute atomic E-state index is 13.0. The topological polar surface area (TPSA) is 12.9 Å². The average Bonchev–Trinajstić information content (AvgIpc) is 2.70. The van der Waals surface area contributed by atoms with E-state index in [1.165, 1.54) is 6.20 Å². The van der Waals surface area contributed by atoms with Gasteiger partial charge in [-0.15, -0.1) is 0 Å². The highest BCUT2D eigenvalue weighted by Crippen LogP contribution is 2.47. The average molecular weight is 151 g/mol. The van der Waals surface area contributed by atoms with E-state index in [1.807, 2.05) is 6.07 Å². The highest BCUT2D eigenvalue weighted by Gasteiger charge is 2.41. The van der Waals surface area contributed by atoms with Gasteiger partial charge in [-0.1, -0.05) is 13.0 Å². The molecular formula is C9H10FN. The van der Waals surface area contributed by atoms with Crippen molar-refractivity contribution >= 4 is 0 Å². The smallest absolute Gasteiger partial charge is 0.216 e. The molecule has 0 saturated heterocycles. The summed E-state index contributed by atoms with van der Waals surface area (Å²) in [6.45, 7) is 2.08. The van der Waals surface area contributed by atoms with Crippen LogP contribution in [0.3, 0.4) is 0 Å². The third-order valence-corrected chi connectivity index (χ3v) is 2.41. The van der Waals surface area contributed by atoms with Gasteiger partial charge in [-0.2, -0.15) is 4.39 Å². The quantitative estimate of drug-likeness (QED) is 0.561. The number of hydrogen-bond donors (Lipinski definition) is 0. The standard InChI is InChI=1S/C9H10FN/c1-9(4-5-9)7-3-2-6-11-8(7)10/h2-3,6H,4-5H2,1H3. The molecule has 2 rings (SSSR count). The summed E-state index contributed by atoms with van der Waals surface area (Å²) < 4.78 is 13.0. The van der Waals surface area contributed by atoms with E-state index in [2.05, 4.69) is 11.9 Å². The molecule has 1 aromatic rings. The summed E-state index contributed by atoms with van der Waals surface area (Å²) in [5.74, 6) is -0.299. The van der Waals surface area contributed by atoms with Crippen LogP contribution in [0.2, 0.25) is 0 Å². The van der Waals surface area contributed by atoms with Gasteiger partial charge in [0.25, 0.3) is 0 Å². The maximum atomic E-state index is 13.0. The first kappa shape index (κ1) is 6.77. The van der Waals surface area contributed by atoms with Crippen LogP contribution in [0.5, 0.6) is 0 Å². The SMILES string of the molecule is CC1(c2cccnc2F)CC1. The summed E-state index contributed by atoms with van der Waals surface area (Å²) in [7, 11) is 0. The van der Waals surface area contributed by atoms with Gasteiger partial charge in [0.1, 0.15) is 0 Å².